The van der Waals surface area contributed by atoms with Crippen molar-refractivity contribution in [3.63, 3.8) is 0 Å². The van der Waals surface area contributed by atoms with E-state index in [1.54, 1.807) is 6.08 Å². The highest BCUT2D eigenvalue weighted by molar-refractivity contribution is 7.99. The zero-order valence-electron chi connectivity index (χ0n) is 7.26. The minimum Gasteiger partial charge on any atom is -0.262 e. The van der Waals surface area contributed by atoms with E-state index in [4.69, 9.17) is 4.55 Å². The summed E-state index contributed by atoms with van der Waals surface area (Å²) in [6, 6.07) is 0. The Kier molecular flexibility index (Phi) is 6.35. The maximum atomic E-state index is 10.2. The van der Waals surface area contributed by atoms with Crippen LogP contribution < -0.4 is 5.48 Å². The first kappa shape index (κ1) is 12.9. The lowest BCUT2D eigenvalue weighted by molar-refractivity contribution is 0.167. The number of hydrogen-bond acceptors (Lipinski definition) is 5. The van der Waals surface area contributed by atoms with Gasteiger partial charge in [-0.05, 0) is 12.2 Å². The van der Waals surface area contributed by atoms with E-state index in [0.29, 0.717) is 6.42 Å². The largest absolute Gasteiger partial charge is 0.413 e. The predicted molar refractivity (Wildman–Crippen MR) is 52.5 cm³/mol. The van der Waals surface area contributed by atoms with Crippen molar-refractivity contribution in [3.8, 4) is 0 Å². The molecule has 0 aromatic rings. The number of rotatable bonds is 7. The number of hydroxylamine groups is 1. The van der Waals surface area contributed by atoms with E-state index in [-0.39, 0.29) is 5.37 Å². The maximum Gasteiger partial charge on any atom is 0.413 e. The summed E-state index contributed by atoms with van der Waals surface area (Å²) >= 11 is 1.46. The maximum absolute atomic E-state index is 10.2. The van der Waals surface area contributed by atoms with Gasteiger partial charge in [0, 0.05) is 0 Å². The van der Waals surface area contributed by atoms with Gasteiger partial charge in [-0.25, -0.2) is 0 Å². The molecule has 0 aliphatic rings. The van der Waals surface area contributed by atoms with Crippen LogP contribution in [0.4, 0.5) is 0 Å². The van der Waals surface area contributed by atoms with Gasteiger partial charge >= 0.3 is 10.4 Å². The van der Waals surface area contributed by atoms with E-state index in [1.165, 1.54) is 11.8 Å². The fraction of sp³-hybridized carbons (Fsp3) is 0.667. The van der Waals surface area contributed by atoms with Crippen molar-refractivity contribution >= 4 is 22.2 Å². The van der Waals surface area contributed by atoms with Crippen LogP contribution in [-0.4, -0.2) is 24.1 Å². The third kappa shape index (κ3) is 8.26. The van der Waals surface area contributed by atoms with Gasteiger partial charge in [0.2, 0.25) is 0 Å². The predicted octanol–water partition coefficient (Wildman–Crippen LogP) is 0.966. The summed E-state index contributed by atoms with van der Waals surface area (Å²) in [6.45, 7) is 5.43. The Balaban J connectivity index is 3.88. The van der Waals surface area contributed by atoms with Crippen LogP contribution in [0.3, 0.4) is 0 Å². The fourth-order valence-electron chi connectivity index (χ4n) is 0.617. The van der Waals surface area contributed by atoms with Crippen LogP contribution in [0.25, 0.3) is 0 Å². The van der Waals surface area contributed by atoms with Gasteiger partial charge in [-0.1, -0.05) is 13.0 Å². The molecule has 7 heteroatoms. The molecule has 2 N–H and O–H groups in total. The van der Waals surface area contributed by atoms with Gasteiger partial charge in [0.25, 0.3) is 0 Å². The average Bonchev–Trinajstić information content (AvgIpc) is 2.00. The second-order valence-electron chi connectivity index (χ2n) is 2.10. The van der Waals surface area contributed by atoms with Crippen molar-refractivity contribution < 1.29 is 17.3 Å². The van der Waals surface area contributed by atoms with Gasteiger partial charge in [-0.15, -0.1) is 18.3 Å². The molecule has 0 radical (unpaired) electrons. The highest BCUT2D eigenvalue weighted by Crippen LogP contribution is 2.11. The number of thioether (sulfide) groups is 1. The molecule has 0 amide bonds. The van der Waals surface area contributed by atoms with Crippen LogP contribution >= 0.6 is 11.8 Å². The van der Waals surface area contributed by atoms with Crippen LogP contribution in [0.5, 0.6) is 0 Å². The lowest BCUT2D eigenvalue weighted by Gasteiger charge is -2.13. The Hall–Kier alpha value is -0.0800. The van der Waals surface area contributed by atoms with Gasteiger partial charge in [0.15, 0.2) is 0 Å². The summed E-state index contributed by atoms with van der Waals surface area (Å²) in [4.78, 5) is 0. The number of nitrogens with one attached hydrogen (secondary N) is 1. The molecule has 0 fully saturated rings. The lowest BCUT2D eigenvalue weighted by Crippen LogP contribution is -2.28. The molecular weight excluding hydrogens is 214 g/mol. The van der Waals surface area contributed by atoms with Crippen molar-refractivity contribution in [1.82, 2.24) is 5.48 Å². The Morgan fingerprint density at radius 3 is 2.77 bits per heavy atom. The summed E-state index contributed by atoms with van der Waals surface area (Å²) in [5.74, 6) is 0.806. The third-order valence-electron chi connectivity index (χ3n) is 1.03. The smallest absolute Gasteiger partial charge is 0.262 e. The van der Waals surface area contributed by atoms with Crippen LogP contribution in [-0.2, 0) is 14.7 Å². The molecule has 0 aromatic carbocycles. The Labute approximate surface area is 82.5 Å². The van der Waals surface area contributed by atoms with Crippen LogP contribution in [0.1, 0.15) is 13.3 Å². The molecule has 0 aliphatic heterocycles. The van der Waals surface area contributed by atoms with Crippen molar-refractivity contribution in [1.29, 1.82) is 0 Å². The molecule has 0 heterocycles. The average molecular weight is 227 g/mol. The third-order valence-corrected chi connectivity index (χ3v) is 2.36. The van der Waals surface area contributed by atoms with Crippen molar-refractivity contribution in [3.05, 3.63) is 12.7 Å². The monoisotopic (exact) mass is 227 g/mol. The SMILES string of the molecule is C=CCC(NOS(=O)(=O)O)SCC. The Morgan fingerprint density at radius 1 is 1.77 bits per heavy atom. The normalized spacial score (nSPS) is 14.0. The minimum atomic E-state index is -4.41. The summed E-state index contributed by atoms with van der Waals surface area (Å²) in [7, 11) is -4.41. The van der Waals surface area contributed by atoms with Crippen LogP contribution in [0.15, 0.2) is 12.7 Å². The summed E-state index contributed by atoms with van der Waals surface area (Å²) in [5.41, 5.74) is 2.22. The standard InChI is InChI=1S/C6H13NO4S2/c1-3-5-6(12-4-2)7-11-13(8,9)10/h3,6-7H,1,4-5H2,2H3,(H,8,9,10). The molecule has 78 valence electrons. The molecule has 0 rings (SSSR count). The first-order chi connectivity index (χ1) is 5.99. The second kappa shape index (κ2) is 6.39. The van der Waals surface area contributed by atoms with Gasteiger partial charge < -0.3 is 0 Å². The van der Waals surface area contributed by atoms with E-state index in [0.717, 1.165) is 5.75 Å². The number of hydrogen-bond donors (Lipinski definition) is 2. The molecule has 1 unspecified atom stereocenters. The van der Waals surface area contributed by atoms with Gasteiger partial charge in [-0.2, -0.15) is 18.2 Å². The first-order valence-electron chi connectivity index (χ1n) is 3.63. The highest BCUT2D eigenvalue weighted by atomic mass is 32.3. The fourth-order valence-corrected chi connectivity index (χ4v) is 1.71. The van der Waals surface area contributed by atoms with Crippen molar-refractivity contribution in [2.75, 3.05) is 5.75 Å². The Morgan fingerprint density at radius 2 is 2.38 bits per heavy atom. The summed E-state index contributed by atoms with van der Waals surface area (Å²) in [6.07, 6.45) is 2.18. The first-order valence-corrected chi connectivity index (χ1v) is 6.05. The zero-order valence-corrected chi connectivity index (χ0v) is 8.90. The molecular formula is C6H13NO4S2. The van der Waals surface area contributed by atoms with Gasteiger partial charge in [-0.3, -0.25) is 4.55 Å². The Bertz CT molecular complexity index is 239. The summed E-state index contributed by atoms with van der Waals surface area (Å²) < 4.78 is 32.6. The molecule has 13 heavy (non-hydrogen) atoms. The quantitative estimate of drug-likeness (QED) is 0.292. The molecule has 0 bridgehead atoms. The summed E-state index contributed by atoms with van der Waals surface area (Å²) in [5, 5.41) is -0.218. The topological polar surface area (TPSA) is 75.6 Å². The molecule has 0 saturated heterocycles. The van der Waals surface area contributed by atoms with E-state index < -0.39 is 10.4 Å². The van der Waals surface area contributed by atoms with E-state index >= 15 is 0 Å². The van der Waals surface area contributed by atoms with Crippen molar-refractivity contribution in [2.24, 2.45) is 0 Å². The van der Waals surface area contributed by atoms with E-state index in [2.05, 4.69) is 16.3 Å². The molecule has 0 aliphatic carbocycles. The zero-order chi connectivity index (χ0) is 10.3. The second-order valence-corrected chi connectivity index (χ2v) is 4.60. The molecule has 0 spiro atoms. The highest BCUT2D eigenvalue weighted by Gasteiger charge is 2.10. The van der Waals surface area contributed by atoms with Gasteiger partial charge in [0.1, 0.15) is 0 Å². The van der Waals surface area contributed by atoms with Crippen LogP contribution in [0, 0.1) is 0 Å². The minimum absolute atomic E-state index is 0.218. The van der Waals surface area contributed by atoms with E-state index in [9.17, 15) is 8.42 Å². The van der Waals surface area contributed by atoms with Crippen molar-refractivity contribution in [2.45, 2.75) is 18.7 Å². The van der Waals surface area contributed by atoms with Crippen LogP contribution in [0.2, 0.25) is 0 Å². The molecule has 0 aromatic heterocycles. The van der Waals surface area contributed by atoms with E-state index in [1.807, 2.05) is 6.92 Å². The molecule has 0 saturated carbocycles. The molecule has 5 nitrogen and oxygen atoms in total. The lowest BCUT2D eigenvalue weighted by atomic mass is 10.4. The van der Waals surface area contributed by atoms with Gasteiger partial charge in [0.05, 0.1) is 5.37 Å². The molecule has 1 atom stereocenters.